The molecule has 0 saturated carbocycles. The number of ether oxygens (including phenoxy) is 1. The van der Waals surface area contributed by atoms with Crippen LogP contribution in [0.2, 0.25) is 0 Å². The molecule has 9 nitrogen and oxygen atoms in total. The van der Waals surface area contributed by atoms with Crippen LogP contribution in [0.15, 0.2) is 25.0 Å². The van der Waals surface area contributed by atoms with Crippen molar-refractivity contribution in [3.8, 4) is 0 Å². The number of amides is 1. The molecular formula is C13H18N6O3. The minimum atomic E-state index is -0.828. The molecule has 2 aromatic rings. The van der Waals surface area contributed by atoms with Crippen molar-refractivity contribution >= 4 is 11.9 Å². The minimum Gasteiger partial charge on any atom is -0.467 e. The lowest BCUT2D eigenvalue weighted by molar-refractivity contribution is -0.145. The van der Waals surface area contributed by atoms with Gasteiger partial charge >= 0.3 is 5.97 Å². The average molecular weight is 306 g/mol. The molecule has 2 rings (SSSR count). The van der Waals surface area contributed by atoms with E-state index in [4.69, 9.17) is 10.5 Å². The number of rotatable bonds is 7. The lowest BCUT2D eigenvalue weighted by Gasteiger charge is -2.18. The zero-order valence-electron chi connectivity index (χ0n) is 12.1. The van der Waals surface area contributed by atoms with E-state index in [9.17, 15) is 9.59 Å². The number of carbonyl (C=O) groups is 2. The number of imidazole rings is 2. The number of nitrogens with two attached hydrogens (primary N) is 1. The van der Waals surface area contributed by atoms with Gasteiger partial charge in [0.05, 0.1) is 25.8 Å². The summed E-state index contributed by atoms with van der Waals surface area (Å²) in [5.41, 5.74) is 7.29. The molecule has 22 heavy (non-hydrogen) atoms. The highest BCUT2D eigenvalue weighted by Crippen LogP contribution is 2.02. The number of nitrogens with zero attached hydrogens (tertiary/aromatic N) is 2. The Labute approximate surface area is 126 Å². The first-order valence-electron chi connectivity index (χ1n) is 6.68. The first kappa shape index (κ1) is 15.7. The smallest absolute Gasteiger partial charge is 0.328 e. The Kier molecular flexibility index (Phi) is 5.26. The molecular weight excluding hydrogens is 288 g/mol. The van der Waals surface area contributed by atoms with E-state index in [0.717, 1.165) is 5.69 Å². The van der Waals surface area contributed by atoms with Gasteiger partial charge in [-0.15, -0.1) is 0 Å². The Morgan fingerprint density at radius 1 is 1.23 bits per heavy atom. The van der Waals surface area contributed by atoms with Crippen LogP contribution in [0.1, 0.15) is 11.4 Å². The van der Waals surface area contributed by atoms with Gasteiger partial charge < -0.3 is 25.8 Å². The largest absolute Gasteiger partial charge is 0.467 e. The highest BCUT2D eigenvalue weighted by molar-refractivity contribution is 5.87. The van der Waals surface area contributed by atoms with E-state index in [1.807, 2.05) is 0 Å². The van der Waals surface area contributed by atoms with Crippen LogP contribution in [0.5, 0.6) is 0 Å². The summed E-state index contributed by atoms with van der Waals surface area (Å²) in [6.45, 7) is 0. The summed E-state index contributed by atoms with van der Waals surface area (Å²) >= 11 is 0. The van der Waals surface area contributed by atoms with Gasteiger partial charge in [0.2, 0.25) is 5.91 Å². The third-order valence-electron chi connectivity index (χ3n) is 3.11. The van der Waals surface area contributed by atoms with Crippen LogP contribution in [0.3, 0.4) is 0 Å². The summed E-state index contributed by atoms with van der Waals surface area (Å²) in [5.74, 6) is -0.985. The van der Waals surface area contributed by atoms with E-state index in [0.29, 0.717) is 12.1 Å². The molecule has 1 amide bonds. The molecule has 9 heteroatoms. The SMILES string of the molecule is COC(=O)C(Cc1cnc[nH]1)NC(=O)C(N)Cc1cnc[nH]1. The summed E-state index contributed by atoms with van der Waals surface area (Å²) < 4.78 is 4.70. The molecule has 2 heterocycles. The molecule has 0 saturated heterocycles. The summed E-state index contributed by atoms with van der Waals surface area (Å²) in [7, 11) is 1.26. The fourth-order valence-corrected chi connectivity index (χ4v) is 1.96. The number of esters is 1. The quantitative estimate of drug-likeness (QED) is 0.479. The molecule has 2 aromatic heterocycles. The second-order valence-electron chi connectivity index (χ2n) is 4.75. The molecule has 0 radical (unpaired) electrons. The van der Waals surface area contributed by atoms with E-state index >= 15 is 0 Å². The van der Waals surface area contributed by atoms with Gasteiger partial charge in [-0.1, -0.05) is 0 Å². The number of hydrogen-bond acceptors (Lipinski definition) is 6. The van der Waals surface area contributed by atoms with Gasteiger partial charge in [0.25, 0.3) is 0 Å². The molecule has 2 unspecified atom stereocenters. The van der Waals surface area contributed by atoms with Crippen LogP contribution in [-0.2, 0) is 27.2 Å². The van der Waals surface area contributed by atoms with Gasteiger partial charge in [-0.2, -0.15) is 0 Å². The fourth-order valence-electron chi connectivity index (χ4n) is 1.96. The minimum absolute atomic E-state index is 0.245. The van der Waals surface area contributed by atoms with E-state index in [1.165, 1.54) is 19.8 Å². The van der Waals surface area contributed by atoms with Gasteiger partial charge in [-0.25, -0.2) is 14.8 Å². The van der Waals surface area contributed by atoms with Crippen LogP contribution < -0.4 is 11.1 Å². The van der Waals surface area contributed by atoms with Gasteiger partial charge in [-0.05, 0) is 0 Å². The summed E-state index contributed by atoms with van der Waals surface area (Å²) in [4.78, 5) is 37.4. The number of aromatic amines is 2. The standard InChI is InChI=1S/C13H18N6O3/c1-22-13(21)11(3-9-5-16-7-18-9)19-12(20)10(14)2-8-4-15-6-17-8/h4-7,10-11H,2-3,14H2,1H3,(H,15,17)(H,16,18)(H,19,20). The number of hydrogen-bond donors (Lipinski definition) is 4. The van der Waals surface area contributed by atoms with Gasteiger partial charge in [-0.3, -0.25) is 4.79 Å². The molecule has 2 atom stereocenters. The van der Waals surface area contributed by atoms with E-state index in [2.05, 4.69) is 25.3 Å². The number of H-pyrrole nitrogens is 2. The third-order valence-corrected chi connectivity index (χ3v) is 3.11. The molecule has 118 valence electrons. The zero-order valence-corrected chi connectivity index (χ0v) is 12.1. The molecule has 0 bridgehead atoms. The Bertz CT molecular complexity index is 595. The van der Waals surface area contributed by atoms with E-state index in [1.54, 1.807) is 12.4 Å². The highest BCUT2D eigenvalue weighted by atomic mass is 16.5. The first-order chi connectivity index (χ1) is 10.6. The van der Waals surface area contributed by atoms with E-state index in [-0.39, 0.29) is 6.42 Å². The predicted octanol–water partition coefficient (Wildman–Crippen LogP) is -1.10. The van der Waals surface area contributed by atoms with Crippen molar-refractivity contribution in [1.82, 2.24) is 25.3 Å². The molecule has 5 N–H and O–H groups in total. The zero-order chi connectivity index (χ0) is 15.9. The monoisotopic (exact) mass is 306 g/mol. The van der Waals surface area contributed by atoms with Crippen molar-refractivity contribution in [3.63, 3.8) is 0 Å². The Morgan fingerprint density at radius 2 is 1.82 bits per heavy atom. The lowest BCUT2D eigenvalue weighted by atomic mass is 10.1. The fraction of sp³-hybridized carbons (Fsp3) is 0.385. The molecule has 0 aliphatic rings. The topological polar surface area (TPSA) is 139 Å². The number of methoxy groups -OCH3 is 1. The number of carbonyl (C=O) groups excluding carboxylic acids is 2. The highest BCUT2D eigenvalue weighted by Gasteiger charge is 2.25. The molecule has 0 aliphatic carbocycles. The van der Waals surface area contributed by atoms with Crippen molar-refractivity contribution < 1.29 is 14.3 Å². The van der Waals surface area contributed by atoms with Crippen molar-refractivity contribution in [2.24, 2.45) is 5.73 Å². The van der Waals surface area contributed by atoms with Crippen LogP contribution in [0.25, 0.3) is 0 Å². The maximum absolute atomic E-state index is 12.1. The maximum Gasteiger partial charge on any atom is 0.328 e. The summed E-state index contributed by atoms with van der Waals surface area (Å²) in [6.07, 6.45) is 6.71. The number of nitrogens with one attached hydrogen (secondary N) is 3. The maximum atomic E-state index is 12.1. The van der Waals surface area contributed by atoms with Crippen LogP contribution in [0, 0.1) is 0 Å². The predicted molar refractivity (Wildman–Crippen MR) is 76.5 cm³/mol. The Hall–Kier alpha value is -2.68. The molecule has 0 aliphatic heterocycles. The second-order valence-corrected chi connectivity index (χ2v) is 4.75. The van der Waals surface area contributed by atoms with Crippen molar-refractivity contribution in [1.29, 1.82) is 0 Å². The molecule has 0 aromatic carbocycles. The van der Waals surface area contributed by atoms with Crippen molar-refractivity contribution in [2.75, 3.05) is 7.11 Å². The van der Waals surface area contributed by atoms with Crippen LogP contribution >= 0.6 is 0 Å². The first-order valence-corrected chi connectivity index (χ1v) is 6.68. The van der Waals surface area contributed by atoms with Gasteiger partial charge in [0.15, 0.2) is 0 Å². The van der Waals surface area contributed by atoms with E-state index < -0.39 is 24.0 Å². The Morgan fingerprint density at radius 3 is 2.32 bits per heavy atom. The summed E-state index contributed by atoms with van der Waals surface area (Å²) in [5, 5.41) is 2.60. The average Bonchev–Trinajstić information content (AvgIpc) is 3.19. The van der Waals surface area contributed by atoms with Gasteiger partial charge in [0.1, 0.15) is 6.04 Å². The third kappa shape index (κ3) is 4.16. The van der Waals surface area contributed by atoms with Crippen molar-refractivity contribution in [3.05, 3.63) is 36.4 Å². The van der Waals surface area contributed by atoms with Crippen LogP contribution in [-0.4, -0.2) is 51.0 Å². The normalized spacial score (nSPS) is 13.4. The molecule has 0 spiro atoms. The van der Waals surface area contributed by atoms with Gasteiger partial charge in [0, 0.05) is 36.6 Å². The Balaban J connectivity index is 1.96. The van der Waals surface area contributed by atoms with Crippen molar-refractivity contribution in [2.45, 2.75) is 24.9 Å². The molecule has 0 fully saturated rings. The number of aromatic nitrogens is 4. The van der Waals surface area contributed by atoms with Crippen LogP contribution in [0.4, 0.5) is 0 Å². The lowest BCUT2D eigenvalue weighted by Crippen LogP contribution is -2.50. The second kappa shape index (κ2) is 7.36. The summed E-state index contributed by atoms with van der Waals surface area (Å²) in [6, 6.07) is -1.62.